The minimum atomic E-state index is -0.135. The summed E-state index contributed by atoms with van der Waals surface area (Å²) in [5.41, 5.74) is 2.71. The Morgan fingerprint density at radius 1 is 1.07 bits per heavy atom. The van der Waals surface area contributed by atoms with Crippen LogP contribution in [0.4, 0.5) is 5.69 Å². The van der Waals surface area contributed by atoms with Crippen LogP contribution in [-0.2, 0) is 6.54 Å². The molecule has 1 saturated carbocycles. The van der Waals surface area contributed by atoms with Crippen molar-refractivity contribution in [3.63, 3.8) is 0 Å². The smallest absolute Gasteiger partial charge is 0.259 e. The van der Waals surface area contributed by atoms with E-state index in [2.05, 4.69) is 5.32 Å². The van der Waals surface area contributed by atoms with E-state index in [0.717, 1.165) is 42.7 Å². The van der Waals surface area contributed by atoms with Crippen LogP contribution in [0.25, 0.3) is 0 Å². The highest BCUT2D eigenvalue weighted by atomic mass is 16.5. The van der Waals surface area contributed by atoms with Crippen molar-refractivity contribution >= 4 is 17.5 Å². The lowest BCUT2D eigenvalue weighted by Crippen LogP contribution is -2.37. The second kappa shape index (κ2) is 7.43. The van der Waals surface area contributed by atoms with Crippen molar-refractivity contribution in [2.45, 2.75) is 44.7 Å². The van der Waals surface area contributed by atoms with E-state index in [1.807, 2.05) is 36.4 Å². The number of anilines is 1. The second-order valence-electron chi connectivity index (χ2n) is 7.24. The minimum absolute atomic E-state index is 0.121. The zero-order valence-electron chi connectivity index (χ0n) is 15.5. The van der Waals surface area contributed by atoms with Crippen molar-refractivity contribution in [2.75, 3.05) is 12.0 Å². The summed E-state index contributed by atoms with van der Waals surface area (Å²) in [4.78, 5) is 27.6. The zero-order valence-corrected chi connectivity index (χ0v) is 15.5. The molecule has 1 aliphatic carbocycles. The maximum Gasteiger partial charge on any atom is 0.259 e. The quantitative estimate of drug-likeness (QED) is 0.895. The van der Waals surface area contributed by atoms with E-state index in [0.29, 0.717) is 17.7 Å². The predicted molar refractivity (Wildman–Crippen MR) is 104 cm³/mol. The van der Waals surface area contributed by atoms with E-state index >= 15 is 0 Å². The molecule has 27 heavy (non-hydrogen) atoms. The van der Waals surface area contributed by atoms with Crippen LogP contribution in [0.15, 0.2) is 42.5 Å². The van der Waals surface area contributed by atoms with Crippen molar-refractivity contribution in [1.29, 1.82) is 0 Å². The summed E-state index contributed by atoms with van der Waals surface area (Å²) in [7, 11) is 1.61. The van der Waals surface area contributed by atoms with Crippen molar-refractivity contribution < 1.29 is 14.3 Å². The number of benzene rings is 2. The molecule has 2 aliphatic rings. The molecule has 2 aromatic carbocycles. The Labute approximate surface area is 159 Å². The van der Waals surface area contributed by atoms with Gasteiger partial charge in [0.05, 0.1) is 24.8 Å². The molecule has 0 radical (unpaired) electrons. The van der Waals surface area contributed by atoms with Crippen LogP contribution in [0.2, 0.25) is 0 Å². The molecule has 5 nitrogen and oxygen atoms in total. The summed E-state index contributed by atoms with van der Waals surface area (Å²) in [6, 6.07) is 13.2. The van der Waals surface area contributed by atoms with Gasteiger partial charge >= 0.3 is 0 Å². The average Bonchev–Trinajstić information content (AvgIpc) is 3.05. The average molecular weight is 364 g/mol. The Morgan fingerprint density at radius 2 is 1.81 bits per heavy atom. The highest BCUT2D eigenvalue weighted by molar-refractivity contribution is 6.16. The van der Waals surface area contributed by atoms with Crippen LogP contribution in [-0.4, -0.2) is 25.0 Å². The number of methoxy groups -OCH3 is 1. The van der Waals surface area contributed by atoms with Crippen LogP contribution in [0, 0.1) is 0 Å². The van der Waals surface area contributed by atoms with E-state index < -0.39 is 0 Å². The minimum Gasteiger partial charge on any atom is -0.497 e. The SMILES string of the molecule is COc1ccc(N2Cc3cccc(C(=O)NC4CCCCC4)c3C2=O)cc1. The fourth-order valence-electron chi connectivity index (χ4n) is 4.03. The van der Waals surface area contributed by atoms with Gasteiger partial charge in [-0.05, 0) is 48.7 Å². The van der Waals surface area contributed by atoms with Crippen LogP contribution < -0.4 is 15.0 Å². The number of hydrogen-bond acceptors (Lipinski definition) is 3. The first-order valence-corrected chi connectivity index (χ1v) is 9.56. The number of ether oxygens (including phenoxy) is 1. The van der Waals surface area contributed by atoms with E-state index in [9.17, 15) is 9.59 Å². The largest absolute Gasteiger partial charge is 0.497 e. The first-order chi connectivity index (χ1) is 13.2. The normalized spacial score (nSPS) is 16.9. The number of carbonyl (C=O) groups is 2. The first kappa shape index (κ1) is 17.6. The number of nitrogens with zero attached hydrogens (tertiary/aromatic N) is 1. The molecule has 140 valence electrons. The number of nitrogens with one attached hydrogen (secondary N) is 1. The summed E-state index contributed by atoms with van der Waals surface area (Å²) in [5, 5.41) is 3.13. The topological polar surface area (TPSA) is 58.6 Å². The van der Waals surface area contributed by atoms with Crippen LogP contribution >= 0.6 is 0 Å². The standard InChI is InChI=1S/C22H24N2O3/c1-27-18-12-10-17(11-13-18)24-14-15-6-5-9-19(20(15)22(24)26)21(25)23-16-7-3-2-4-8-16/h5-6,9-13,16H,2-4,7-8,14H2,1H3,(H,23,25). The highest BCUT2D eigenvalue weighted by Gasteiger charge is 2.33. The van der Waals surface area contributed by atoms with Gasteiger partial charge in [-0.3, -0.25) is 9.59 Å². The molecule has 1 fully saturated rings. The van der Waals surface area contributed by atoms with Crippen molar-refractivity contribution in [1.82, 2.24) is 5.32 Å². The van der Waals surface area contributed by atoms with Gasteiger partial charge in [0, 0.05) is 11.7 Å². The summed E-state index contributed by atoms with van der Waals surface area (Å²) in [6.45, 7) is 0.477. The second-order valence-corrected chi connectivity index (χ2v) is 7.24. The van der Waals surface area contributed by atoms with Crippen LogP contribution in [0.5, 0.6) is 5.75 Å². The van der Waals surface area contributed by atoms with Gasteiger partial charge in [0.2, 0.25) is 0 Å². The van der Waals surface area contributed by atoms with E-state index in [4.69, 9.17) is 4.74 Å². The molecule has 0 saturated heterocycles. The fraction of sp³-hybridized carbons (Fsp3) is 0.364. The first-order valence-electron chi connectivity index (χ1n) is 9.56. The molecule has 0 bridgehead atoms. The Bertz CT molecular complexity index is 854. The molecule has 0 aromatic heterocycles. The van der Waals surface area contributed by atoms with E-state index in [1.54, 1.807) is 18.1 Å². The van der Waals surface area contributed by atoms with Gasteiger partial charge in [0.1, 0.15) is 5.75 Å². The molecule has 1 N–H and O–H groups in total. The van der Waals surface area contributed by atoms with Gasteiger partial charge in [0.15, 0.2) is 0 Å². The lowest BCUT2D eigenvalue weighted by Gasteiger charge is -2.23. The number of carbonyl (C=O) groups excluding carboxylic acids is 2. The third-order valence-corrected chi connectivity index (χ3v) is 5.51. The molecule has 1 heterocycles. The maximum atomic E-state index is 13.1. The lowest BCUT2D eigenvalue weighted by atomic mass is 9.94. The van der Waals surface area contributed by atoms with Gasteiger partial charge in [0.25, 0.3) is 11.8 Å². The van der Waals surface area contributed by atoms with Crippen molar-refractivity contribution in [2.24, 2.45) is 0 Å². The maximum absolute atomic E-state index is 13.1. The molecular formula is C22H24N2O3. The van der Waals surface area contributed by atoms with E-state index in [1.165, 1.54) is 6.42 Å². The summed E-state index contributed by atoms with van der Waals surface area (Å²) in [5.74, 6) is 0.490. The van der Waals surface area contributed by atoms with Crippen molar-refractivity contribution in [3.05, 3.63) is 59.2 Å². The molecule has 0 atom stereocenters. The van der Waals surface area contributed by atoms with Gasteiger partial charge < -0.3 is 15.0 Å². The fourth-order valence-corrected chi connectivity index (χ4v) is 4.03. The number of fused-ring (bicyclic) bond motifs is 1. The lowest BCUT2D eigenvalue weighted by molar-refractivity contribution is 0.0915. The van der Waals surface area contributed by atoms with Gasteiger partial charge in [-0.25, -0.2) is 0 Å². The molecule has 5 heteroatoms. The van der Waals surface area contributed by atoms with Gasteiger partial charge in [-0.2, -0.15) is 0 Å². The van der Waals surface area contributed by atoms with Gasteiger partial charge in [-0.1, -0.05) is 31.4 Å². The number of rotatable bonds is 4. The molecule has 0 unspecified atom stereocenters. The summed E-state index contributed by atoms with van der Waals surface area (Å²) >= 11 is 0. The number of hydrogen-bond donors (Lipinski definition) is 1. The molecule has 1 aliphatic heterocycles. The van der Waals surface area contributed by atoms with Gasteiger partial charge in [-0.15, -0.1) is 0 Å². The molecule has 4 rings (SSSR count). The molecule has 0 spiro atoms. The Balaban J connectivity index is 1.58. The molecule has 2 amide bonds. The third kappa shape index (κ3) is 3.42. The Hall–Kier alpha value is -2.82. The van der Waals surface area contributed by atoms with Crippen LogP contribution in [0.1, 0.15) is 58.4 Å². The summed E-state index contributed by atoms with van der Waals surface area (Å²) < 4.78 is 5.19. The van der Waals surface area contributed by atoms with Crippen LogP contribution in [0.3, 0.4) is 0 Å². The third-order valence-electron chi connectivity index (χ3n) is 5.51. The Kier molecular flexibility index (Phi) is 4.84. The monoisotopic (exact) mass is 364 g/mol. The van der Waals surface area contributed by atoms with Crippen molar-refractivity contribution in [3.8, 4) is 5.75 Å². The number of amides is 2. The predicted octanol–water partition coefficient (Wildman–Crippen LogP) is 3.92. The zero-order chi connectivity index (χ0) is 18.8. The molecular weight excluding hydrogens is 340 g/mol. The van der Waals surface area contributed by atoms with E-state index in [-0.39, 0.29) is 17.9 Å². The summed E-state index contributed by atoms with van der Waals surface area (Å²) in [6.07, 6.45) is 5.59. The highest BCUT2D eigenvalue weighted by Crippen LogP contribution is 2.31. The Morgan fingerprint density at radius 3 is 2.52 bits per heavy atom. The molecule has 2 aromatic rings.